The molecule has 0 radical (unpaired) electrons. The lowest BCUT2D eigenvalue weighted by atomic mass is 10.2. The van der Waals surface area contributed by atoms with Crippen molar-refractivity contribution in [2.45, 2.75) is 20.4 Å². The van der Waals surface area contributed by atoms with Crippen molar-refractivity contribution in [3.8, 4) is 0 Å². The third kappa shape index (κ3) is 2.17. The molecule has 2 heteroatoms. The number of hydrogen-bond acceptors (Lipinski definition) is 1. The van der Waals surface area contributed by atoms with Crippen molar-refractivity contribution in [3.63, 3.8) is 0 Å². The van der Waals surface area contributed by atoms with Crippen LogP contribution in [0.3, 0.4) is 0 Å². The van der Waals surface area contributed by atoms with Crippen LogP contribution in [0.25, 0.3) is 0 Å². The summed E-state index contributed by atoms with van der Waals surface area (Å²) in [7, 11) is -1.58. The molecule has 11 heavy (non-hydrogen) atoms. The quantitative estimate of drug-likeness (QED) is 0.613. The van der Waals surface area contributed by atoms with Crippen molar-refractivity contribution < 1.29 is 4.80 Å². The summed E-state index contributed by atoms with van der Waals surface area (Å²) in [5, 5.41) is 1.14. The van der Waals surface area contributed by atoms with Gasteiger partial charge in [-0.2, -0.15) is 0 Å². The van der Waals surface area contributed by atoms with Gasteiger partial charge in [-0.3, -0.25) is 0 Å². The number of hydrogen-bond donors (Lipinski definition) is 1. The Labute approximate surface area is 69.4 Å². The largest absolute Gasteiger partial charge is 0.431 e. The smallest absolute Gasteiger partial charge is 0.201 e. The Hall–Kier alpha value is -0.603. The van der Waals surface area contributed by atoms with Crippen LogP contribution in [0.2, 0.25) is 6.55 Å². The SMILES string of the molecule is Cc1cc(C)cc([SiH](C)O)c1. The Kier molecular flexibility index (Phi) is 2.47. The van der Waals surface area contributed by atoms with Gasteiger partial charge in [-0.15, -0.1) is 0 Å². The second kappa shape index (κ2) is 3.20. The van der Waals surface area contributed by atoms with Gasteiger partial charge in [-0.25, -0.2) is 0 Å². The van der Waals surface area contributed by atoms with E-state index in [4.69, 9.17) is 0 Å². The molecule has 0 heterocycles. The standard InChI is InChI=1S/C9H14OSi/c1-7-4-8(2)6-9(5-7)11(3)10/h4-6,10-11H,1-3H3. The summed E-state index contributed by atoms with van der Waals surface area (Å²) in [5.41, 5.74) is 2.49. The predicted octanol–water partition coefficient (Wildman–Crippen LogP) is 0.856. The molecule has 60 valence electrons. The van der Waals surface area contributed by atoms with Crippen LogP contribution in [-0.4, -0.2) is 13.8 Å². The Morgan fingerprint density at radius 2 is 1.55 bits per heavy atom. The molecule has 0 saturated heterocycles. The minimum Gasteiger partial charge on any atom is -0.431 e. The van der Waals surface area contributed by atoms with E-state index in [0.717, 1.165) is 5.19 Å². The van der Waals surface area contributed by atoms with Crippen molar-refractivity contribution in [3.05, 3.63) is 29.3 Å². The average molecular weight is 166 g/mol. The van der Waals surface area contributed by atoms with E-state index in [1.54, 1.807) is 0 Å². The maximum atomic E-state index is 9.41. The molecule has 0 amide bonds. The van der Waals surface area contributed by atoms with E-state index in [-0.39, 0.29) is 0 Å². The van der Waals surface area contributed by atoms with Gasteiger partial charge in [0.05, 0.1) is 0 Å². The summed E-state index contributed by atoms with van der Waals surface area (Å²) < 4.78 is 0. The number of rotatable bonds is 1. The summed E-state index contributed by atoms with van der Waals surface area (Å²) in [6.07, 6.45) is 0. The minimum absolute atomic E-state index is 1.14. The molecule has 0 spiro atoms. The van der Waals surface area contributed by atoms with Crippen LogP contribution in [0.15, 0.2) is 18.2 Å². The van der Waals surface area contributed by atoms with Gasteiger partial charge in [-0.1, -0.05) is 29.3 Å². The highest BCUT2D eigenvalue weighted by molar-refractivity contribution is 6.64. The van der Waals surface area contributed by atoms with E-state index in [9.17, 15) is 4.80 Å². The molecular formula is C9H14OSi. The topological polar surface area (TPSA) is 20.2 Å². The number of aryl methyl sites for hydroxylation is 2. The molecule has 1 rings (SSSR count). The van der Waals surface area contributed by atoms with Gasteiger partial charge in [0.15, 0.2) is 0 Å². The molecule has 1 aromatic rings. The van der Waals surface area contributed by atoms with E-state index >= 15 is 0 Å². The number of benzene rings is 1. The molecule has 1 atom stereocenters. The van der Waals surface area contributed by atoms with Gasteiger partial charge in [0.2, 0.25) is 9.04 Å². The van der Waals surface area contributed by atoms with Crippen molar-refractivity contribution in [1.82, 2.24) is 0 Å². The molecular weight excluding hydrogens is 152 g/mol. The molecule has 0 fully saturated rings. The molecule has 0 saturated carbocycles. The Morgan fingerprint density at radius 3 is 1.91 bits per heavy atom. The Morgan fingerprint density at radius 1 is 1.09 bits per heavy atom. The summed E-state index contributed by atoms with van der Waals surface area (Å²) in [5.74, 6) is 0. The molecule has 1 nitrogen and oxygen atoms in total. The maximum absolute atomic E-state index is 9.41. The first-order valence-electron chi connectivity index (χ1n) is 3.86. The van der Waals surface area contributed by atoms with E-state index in [1.165, 1.54) is 11.1 Å². The van der Waals surface area contributed by atoms with Crippen LogP contribution < -0.4 is 5.19 Å². The highest BCUT2D eigenvalue weighted by Gasteiger charge is 2.02. The van der Waals surface area contributed by atoms with E-state index < -0.39 is 9.04 Å². The van der Waals surface area contributed by atoms with Crippen LogP contribution in [0, 0.1) is 13.8 Å². The fourth-order valence-corrected chi connectivity index (χ4v) is 2.26. The van der Waals surface area contributed by atoms with Crippen molar-refractivity contribution in [2.75, 3.05) is 0 Å². The van der Waals surface area contributed by atoms with Gasteiger partial charge in [0.1, 0.15) is 0 Å². The van der Waals surface area contributed by atoms with Gasteiger partial charge in [0, 0.05) is 0 Å². The van der Waals surface area contributed by atoms with Gasteiger partial charge >= 0.3 is 0 Å². The van der Waals surface area contributed by atoms with Crippen LogP contribution in [0.1, 0.15) is 11.1 Å². The van der Waals surface area contributed by atoms with E-state index in [2.05, 4.69) is 32.0 Å². The second-order valence-electron chi connectivity index (χ2n) is 3.10. The summed E-state index contributed by atoms with van der Waals surface area (Å²) in [4.78, 5) is 9.41. The molecule has 1 N–H and O–H groups in total. The first kappa shape index (κ1) is 8.49. The summed E-state index contributed by atoms with van der Waals surface area (Å²) in [6.45, 7) is 6.05. The molecule has 0 aromatic heterocycles. The van der Waals surface area contributed by atoms with Gasteiger partial charge < -0.3 is 4.80 Å². The summed E-state index contributed by atoms with van der Waals surface area (Å²) >= 11 is 0. The fourth-order valence-electron chi connectivity index (χ4n) is 1.25. The fraction of sp³-hybridized carbons (Fsp3) is 0.333. The lowest BCUT2D eigenvalue weighted by Crippen LogP contribution is -2.26. The predicted molar refractivity (Wildman–Crippen MR) is 50.8 cm³/mol. The summed E-state index contributed by atoms with van der Waals surface area (Å²) in [6, 6.07) is 6.27. The van der Waals surface area contributed by atoms with E-state index in [1.807, 2.05) is 6.55 Å². The zero-order chi connectivity index (χ0) is 8.43. The zero-order valence-electron chi connectivity index (χ0n) is 7.26. The highest BCUT2D eigenvalue weighted by atomic mass is 28.3. The highest BCUT2D eigenvalue weighted by Crippen LogP contribution is 2.00. The van der Waals surface area contributed by atoms with Gasteiger partial charge in [-0.05, 0) is 25.6 Å². The van der Waals surface area contributed by atoms with Crippen LogP contribution in [0.5, 0.6) is 0 Å². The lowest BCUT2D eigenvalue weighted by Gasteiger charge is -2.05. The second-order valence-corrected chi connectivity index (χ2v) is 5.12. The minimum atomic E-state index is -1.58. The molecule has 0 aliphatic carbocycles. The third-order valence-electron chi connectivity index (χ3n) is 1.73. The third-order valence-corrected chi connectivity index (χ3v) is 3.02. The zero-order valence-corrected chi connectivity index (χ0v) is 8.41. The monoisotopic (exact) mass is 166 g/mol. The molecule has 0 aliphatic heterocycles. The van der Waals surface area contributed by atoms with E-state index in [0.29, 0.717) is 0 Å². The maximum Gasteiger partial charge on any atom is 0.201 e. The lowest BCUT2D eigenvalue weighted by molar-refractivity contribution is 0.594. The van der Waals surface area contributed by atoms with Crippen LogP contribution >= 0.6 is 0 Å². The normalized spacial score (nSPS) is 13.1. The van der Waals surface area contributed by atoms with Crippen molar-refractivity contribution in [2.24, 2.45) is 0 Å². The Bertz CT molecular complexity index is 235. The van der Waals surface area contributed by atoms with Crippen LogP contribution in [-0.2, 0) is 0 Å². The van der Waals surface area contributed by atoms with Crippen molar-refractivity contribution >= 4 is 14.2 Å². The molecule has 0 bridgehead atoms. The Balaban J connectivity index is 3.08. The van der Waals surface area contributed by atoms with Crippen LogP contribution in [0.4, 0.5) is 0 Å². The first-order chi connectivity index (χ1) is 5.09. The molecule has 0 aliphatic rings. The molecule has 1 unspecified atom stereocenters. The first-order valence-corrected chi connectivity index (χ1v) is 6.10. The van der Waals surface area contributed by atoms with Gasteiger partial charge in [0.25, 0.3) is 0 Å². The average Bonchev–Trinajstić information content (AvgIpc) is 1.85. The molecule has 1 aromatic carbocycles. The van der Waals surface area contributed by atoms with Crippen molar-refractivity contribution in [1.29, 1.82) is 0 Å².